The van der Waals surface area contributed by atoms with Gasteiger partial charge in [0, 0.05) is 23.6 Å². The monoisotopic (exact) mass is 260 g/mol. The fraction of sp³-hybridized carbons (Fsp3) is 0.400. The maximum Gasteiger partial charge on any atom is 0.326 e. The van der Waals surface area contributed by atoms with Gasteiger partial charge in [0.15, 0.2) is 0 Å². The number of nitrogens with zero attached hydrogens (tertiary/aromatic N) is 1. The minimum absolute atomic E-state index is 0.217. The quantitative estimate of drug-likeness (QED) is 0.862. The zero-order valence-electron chi connectivity index (χ0n) is 11.6. The zero-order chi connectivity index (χ0) is 14.0. The van der Waals surface area contributed by atoms with E-state index >= 15 is 0 Å². The summed E-state index contributed by atoms with van der Waals surface area (Å²) in [7, 11) is 0. The number of fused-ring (bicyclic) bond motifs is 1. The Balaban J connectivity index is 2.25. The van der Waals surface area contributed by atoms with Gasteiger partial charge in [-0.1, -0.05) is 12.1 Å². The molecule has 0 fully saturated rings. The summed E-state index contributed by atoms with van der Waals surface area (Å²) in [6.07, 6.45) is 1.90. The van der Waals surface area contributed by atoms with Gasteiger partial charge in [-0.2, -0.15) is 0 Å². The van der Waals surface area contributed by atoms with E-state index in [1.165, 1.54) is 0 Å². The minimum Gasteiger partial charge on any atom is -0.459 e. The molecule has 0 radical (unpaired) electrons. The standard InChI is InChI=1S/C15H20N2O2/c1-15(2,3)19-14(18)10-17-8-7-12-11(9-16)5-4-6-13(12)17/h4-8H,9-10,16H2,1-3H3. The molecule has 1 aromatic carbocycles. The van der Waals surface area contributed by atoms with E-state index in [0.717, 1.165) is 16.5 Å². The molecule has 2 N–H and O–H groups in total. The molecule has 1 aromatic heterocycles. The number of carbonyl (C=O) groups excluding carboxylic acids is 1. The van der Waals surface area contributed by atoms with Crippen molar-refractivity contribution in [1.29, 1.82) is 0 Å². The maximum absolute atomic E-state index is 11.9. The molecule has 0 saturated heterocycles. The Morgan fingerprint density at radius 3 is 2.68 bits per heavy atom. The highest BCUT2D eigenvalue weighted by molar-refractivity contribution is 5.85. The third-order valence-electron chi connectivity index (χ3n) is 2.84. The average molecular weight is 260 g/mol. The number of carbonyl (C=O) groups is 1. The average Bonchev–Trinajstić information content (AvgIpc) is 2.70. The lowest BCUT2D eigenvalue weighted by molar-refractivity contribution is -0.155. The Labute approximate surface area is 113 Å². The molecule has 0 atom stereocenters. The van der Waals surface area contributed by atoms with Crippen LogP contribution in [0.3, 0.4) is 0 Å². The van der Waals surface area contributed by atoms with Crippen molar-refractivity contribution in [3.63, 3.8) is 0 Å². The molecule has 2 aromatic rings. The van der Waals surface area contributed by atoms with Gasteiger partial charge in [-0.05, 0) is 38.5 Å². The number of ether oxygens (including phenoxy) is 1. The molecular formula is C15H20N2O2. The van der Waals surface area contributed by atoms with Gasteiger partial charge >= 0.3 is 5.97 Å². The first-order valence-corrected chi connectivity index (χ1v) is 6.39. The van der Waals surface area contributed by atoms with Crippen LogP contribution in [-0.4, -0.2) is 16.1 Å². The van der Waals surface area contributed by atoms with Crippen LogP contribution in [0.25, 0.3) is 10.9 Å². The van der Waals surface area contributed by atoms with Crippen molar-refractivity contribution in [3.05, 3.63) is 36.0 Å². The van der Waals surface area contributed by atoms with Gasteiger partial charge in [0.25, 0.3) is 0 Å². The van der Waals surface area contributed by atoms with Crippen LogP contribution >= 0.6 is 0 Å². The first-order chi connectivity index (χ1) is 8.90. The van der Waals surface area contributed by atoms with E-state index in [9.17, 15) is 4.79 Å². The summed E-state index contributed by atoms with van der Waals surface area (Å²) in [5.41, 5.74) is 7.34. The van der Waals surface area contributed by atoms with Crippen LogP contribution in [0.5, 0.6) is 0 Å². The van der Waals surface area contributed by atoms with Crippen LogP contribution in [0.15, 0.2) is 30.5 Å². The molecule has 0 bridgehead atoms. The second-order valence-electron chi connectivity index (χ2n) is 5.58. The van der Waals surface area contributed by atoms with Gasteiger partial charge in [0.05, 0.1) is 0 Å². The van der Waals surface area contributed by atoms with Gasteiger partial charge in [-0.3, -0.25) is 4.79 Å². The van der Waals surface area contributed by atoms with E-state index in [1.807, 2.05) is 55.8 Å². The molecule has 4 heteroatoms. The van der Waals surface area contributed by atoms with Crippen LogP contribution in [0, 0.1) is 0 Å². The maximum atomic E-state index is 11.9. The summed E-state index contributed by atoms with van der Waals surface area (Å²) in [6.45, 7) is 6.31. The number of hydrogen-bond donors (Lipinski definition) is 1. The highest BCUT2D eigenvalue weighted by Crippen LogP contribution is 2.20. The van der Waals surface area contributed by atoms with E-state index < -0.39 is 5.60 Å². The van der Waals surface area contributed by atoms with Crippen molar-refractivity contribution >= 4 is 16.9 Å². The topological polar surface area (TPSA) is 57.2 Å². The highest BCUT2D eigenvalue weighted by Gasteiger charge is 2.17. The Hall–Kier alpha value is -1.81. The van der Waals surface area contributed by atoms with Crippen molar-refractivity contribution in [2.24, 2.45) is 5.73 Å². The molecule has 0 unspecified atom stereocenters. The van der Waals surface area contributed by atoms with Crippen molar-refractivity contribution in [2.75, 3.05) is 0 Å². The SMILES string of the molecule is CC(C)(C)OC(=O)Cn1ccc2c(CN)cccc21. The van der Waals surface area contributed by atoms with Crippen LogP contribution in [-0.2, 0) is 22.6 Å². The summed E-state index contributed by atoms with van der Waals surface area (Å²) in [5.74, 6) is -0.233. The van der Waals surface area contributed by atoms with Crippen LogP contribution in [0.2, 0.25) is 0 Å². The number of esters is 1. The zero-order valence-corrected chi connectivity index (χ0v) is 11.6. The largest absolute Gasteiger partial charge is 0.459 e. The molecule has 0 aliphatic heterocycles. The summed E-state index contributed by atoms with van der Waals surface area (Å²) in [4.78, 5) is 11.9. The van der Waals surface area contributed by atoms with Gasteiger partial charge in [0.1, 0.15) is 12.1 Å². The van der Waals surface area contributed by atoms with Crippen molar-refractivity contribution in [2.45, 2.75) is 39.5 Å². The number of rotatable bonds is 3. The van der Waals surface area contributed by atoms with E-state index in [0.29, 0.717) is 6.54 Å². The van der Waals surface area contributed by atoms with Gasteiger partial charge in [-0.15, -0.1) is 0 Å². The van der Waals surface area contributed by atoms with E-state index in [2.05, 4.69) is 0 Å². The molecular weight excluding hydrogens is 240 g/mol. The Kier molecular flexibility index (Phi) is 3.62. The summed E-state index contributed by atoms with van der Waals surface area (Å²) in [6, 6.07) is 7.93. The lowest BCUT2D eigenvalue weighted by Crippen LogP contribution is -2.26. The third-order valence-corrected chi connectivity index (χ3v) is 2.84. The number of aromatic nitrogens is 1. The smallest absolute Gasteiger partial charge is 0.326 e. The molecule has 4 nitrogen and oxygen atoms in total. The third kappa shape index (κ3) is 3.15. The summed E-state index contributed by atoms with van der Waals surface area (Å²) in [5, 5.41) is 1.09. The predicted molar refractivity (Wildman–Crippen MR) is 75.7 cm³/mol. The van der Waals surface area contributed by atoms with Crippen molar-refractivity contribution < 1.29 is 9.53 Å². The molecule has 0 aliphatic rings. The Morgan fingerprint density at radius 1 is 1.32 bits per heavy atom. The molecule has 0 amide bonds. The molecule has 102 valence electrons. The van der Waals surface area contributed by atoms with E-state index in [4.69, 9.17) is 10.5 Å². The van der Waals surface area contributed by atoms with Crippen molar-refractivity contribution in [1.82, 2.24) is 4.57 Å². The highest BCUT2D eigenvalue weighted by atomic mass is 16.6. The fourth-order valence-corrected chi connectivity index (χ4v) is 2.12. The lowest BCUT2D eigenvalue weighted by Gasteiger charge is -2.19. The molecule has 1 heterocycles. The van der Waals surface area contributed by atoms with Crippen molar-refractivity contribution in [3.8, 4) is 0 Å². The first-order valence-electron chi connectivity index (χ1n) is 6.39. The van der Waals surface area contributed by atoms with Crippen LogP contribution < -0.4 is 5.73 Å². The second kappa shape index (κ2) is 5.05. The van der Waals surface area contributed by atoms with Gasteiger partial charge < -0.3 is 15.0 Å². The van der Waals surface area contributed by atoms with Gasteiger partial charge in [-0.25, -0.2) is 0 Å². The van der Waals surface area contributed by atoms with E-state index in [1.54, 1.807) is 0 Å². The number of hydrogen-bond acceptors (Lipinski definition) is 3. The fourth-order valence-electron chi connectivity index (χ4n) is 2.12. The number of benzene rings is 1. The summed E-state index contributed by atoms with van der Waals surface area (Å²) >= 11 is 0. The second-order valence-corrected chi connectivity index (χ2v) is 5.58. The van der Waals surface area contributed by atoms with Gasteiger partial charge in [0.2, 0.25) is 0 Å². The molecule has 19 heavy (non-hydrogen) atoms. The lowest BCUT2D eigenvalue weighted by atomic mass is 10.1. The molecule has 0 aliphatic carbocycles. The normalized spacial score (nSPS) is 11.8. The number of nitrogens with two attached hydrogens (primary N) is 1. The Morgan fingerprint density at radius 2 is 2.05 bits per heavy atom. The predicted octanol–water partition coefficient (Wildman–Crippen LogP) is 2.44. The first kappa shape index (κ1) is 13.6. The molecule has 2 rings (SSSR count). The molecule has 0 saturated carbocycles. The minimum atomic E-state index is -0.456. The van der Waals surface area contributed by atoms with Crippen LogP contribution in [0.4, 0.5) is 0 Å². The summed E-state index contributed by atoms with van der Waals surface area (Å²) < 4.78 is 7.22. The molecule has 0 spiro atoms. The van der Waals surface area contributed by atoms with Crippen LogP contribution in [0.1, 0.15) is 26.3 Å². The Bertz CT molecular complexity index is 594. The van der Waals surface area contributed by atoms with E-state index in [-0.39, 0.29) is 12.5 Å².